The van der Waals surface area contributed by atoms with Gasteiger partial charge in [0.25, 0.3) is 0 Å². The van der Waals surface area contributed by atoms with Crippen LogP contribution >= 0.6 is 0 Å². The molecule has 1 aromatic rings. The van der Waals surface area contributed by atoms with E-state index in [4.69, 9.17) is 10.5 Å². The molecule has 0 aromatic heterocycles. The molecule has 0 bridgehead atoms. The number of carbonyl (C=O) groups is 1. The van der Waals surface area contributed by atoms with Crippen molar-refractivity contribution in [3.8, 4) is 5.75 Å². The quantitative estimate of drug-likeness (QED) is 0.860. The van der Waals surface area contributed by atoms with Crippen LogP contribution in [0.15, 0.2) is 24.3 Å². The van der Waals surface area contributed by atoms with Gasteiger partial charge in [0.2, 0.25) is 5.91 Å². The van der Waals surface area contributed by atoms with E-state index in [1.807, 2.05) is 38.1 Å². The van der Waals surface area contributed by atoms with Crippen molar-refractivity contribution in [2.75, 3.05) is 20.7 Å². The van der Waals surface area contributed by atoms with Crippen LogP contribution in [0.1, 0.15) is 19.4 Å². The summed E-state index contributed by atoms with van der Waals surface area (Å²) in [5, 5.41) is 0. The molecule has 1 amide bonds. The van der Waals surface area contributed by atoms with Gasteiger partial charge < -0.3 is 15.4 Å². The summed E-state index contributed by atoms with van der Waals surface area (Å²) in [5.74, 6) is 0.819. The first-order valence-corrected chi connectivity index (χ1v) is 6.00. The molecule has 0 saturated heterocycles. The highest BCUT2D eigenvalue weighted by Gasteiger charge is 2.25. The predicted molar refractivity (Wildman–Crippen MR) is 72.6 cm³/mol. The maximum absolute atomic E-state index is 12.1. The topological polar surface area (TPSA) is 55.6 Å². The highest BCUT2D eigenvalue weighted by Crippen LogP contribution is 2.16. The number of benzene rings is 1. The first-order valence-electron chi connectivity index (χ1n) is 6.00. The summed E-state index contributed by atoms with van der Waals surface area (Å²) >= 11 is 0. The fourth-order valence-electron chi connectivity index (χ4n) is 1.55. The van der Waals surface area contributed by atoms with Crippen LogP contribution < -0.4 is 10.5 Å². The predicted octanol–water partition coefficient (Wildman–Crippen LogP) is 1.43. The molecule has 0 spiro atoms. The number of rotatable bonds is 5. The third kappa shape index (κ3) is 3.47. The molecule has 0 aliphatic rings. The first-order chi connectivity index (χ1) is 8.40. The van der Waals surface area contributed by atoms with Crippen molar-refractivity contribution in [1.82, 2.24) is 4.90 Å². The van der Waals surface area contributed by atoms with Gasteiger partial charge in [-0.3, -0.25) is 4.79 Å². The molecule has 4 heteroatoms. The van der Waals surface area contributed by atoms with Gasteiger partial charge in [-0.15, -0.1) is 0 Å². The maximum Gasteiger partial charge on any atom is 0.227 e. The Morgan fingerprint density at radius 2 is 2.11 bits per heavy atom. The van der Waals surface area contributed by atoms with Crippen LogP contribution in [0.25, 0.3) is 0 Å². The fraction of sp³-hybridized carbons (Fsp3) is 0.500. The second-order valence-electron chi connectivity index (χ2n) is 5.00. The number of methoxy groups -OCH3 is 1. The molecule has 4 nitrogen and oxygen atoms in total. The summed E-state index contributed by atoms with van der Waals surface area (Å²) in [5.41, 5.74) is 6.29. The van der Waals surface area contributed by atoms with Crippen molar-refractivity contribution in [3.63, 3.8) is 0 Å². The number of carbonyl (C=O) groups excluding carboxylic acids is 1. The summed E-state index contributed by atoms with van der Waals surface area (Å²) in [6.45, 7) is 4.35. The lowest BCUT2D eigenvalue weighted by atomic mass is 10.0. The van der Waals surface area contributed by atoms with Crippen molar-refractivity contribution in [2.24, 2.45) is 5.73 Å². The van der Waals surface area contributed by atoms with Crippen LogP contribution in [0.5, 0.6) is 5.75 Å². The van der Waals surface area contributed by atoms with E-state index < -0.39 is 0 Å². The summed E-state index contributed by atoms with van der Waals surface area (Å²) < 4.78 is 5.14. The van der Waals surface area contributed by atoms with Crippen LogP contribution in [0.2, 0.25) is 0 Å². The molecule has 0 heterocycles. The fourth-order valence-corrected chi connectivity index (χ4v) is 1.55. The number of nitrogens with two attached hydrogens (primary N) is 1. The lowest BCUT2D eigenvalue weighted by Gasteiger charge is -2.34. The van der Waals surface area contributed by atoms with E-state index in [0.717, 1.165) is 11.3 Å². The minimum Gasteiger partial charge on any atom is -0.497 e. The van der Waals surface area contributed by atoms with Gasteiger partial charge >= 0.3 is 0 Å². The lowest BCUT2D eigenvalue weighted by molar-refractivity contribution is -0.133. The van der Waals surface area contributed by atoms with E-state index in [9.17, 15) is 4.79 Å². The number of ether oxygens (including phenoxy) is 1. The van der Waals surface area contributed by atoms with E-state index in [-0.39, 0.29) is 11.4 Å². The molecular formula is C14H22N2O2. The maximum atomic E-state index is 12.1. The van der Waals surface area contributed by atoms with Gasteiger partial charge in [0.15, 0.2) is 0 Å². The van der Waals surface area contributed by atoms with E-state index in [0.29, 0.717) is 13.0 Å². The van der Waals surface area contributed by atoms with Gasteiger partial charge in [-0.25, -0.2) is 0 Å². The monoisotopic (exact) mass is 250 g/mol. The molecular weight excluding hydrogens is 228 g/mol. The van der Waals surface area contributed by atoms with E-state index in [2.05, 4.69) is 0 Å². The average Bonchev–Trinajstić information content (AvgIpc) is 2.37. The molecule has 0 saturated carbocycles. The molecule has 0 radical (unpaired) electrons. The molecule has 100 valence electrons. The van der Waals surface area contributed by atoms with E-state index >= 15 is 0 Å². The zero-order valence-corrected chi connectivity index (χ0v) is 11.6. The highest BCUT2D eigenvalue weighted by molar-refractivity contribution is 5.79. The van der Waals surface area contributed by atoms with Gasteiger partial charge in [-0.05, 0) is 31.5 Å². The highest BCUT2D eigenvalue weighted by atomic mass is 16.5. The minimum absolute atomic E-state index is 0.0544. The van der Waals surface area contributed by atoms with Crippen molar-refractivity contribution in [3.05, 3.63) is 29.8 Å². The largest absolute Gasteiger partial charge is 0.497 e. The van der Waals surface area contributed by atoms with Gasteiger partial charge in [-0.2, -0.15) is 0 Å². The van der Waals surface area contributed by atoms with Gasteiger partial charge in [0.05, 0.1) is 13.5 Å². The number of nitrogens with zero attached hydrogens (tertiary/aromatic N) is 1. The van der Waals surface area contributed by atoms with Crippen molar-refractivity contribution in [2.45, 2.75) is 25.8 Å². The second kappa shape index (κ2) is 5.87. The SMILES string of the molecule is COc1cccc(CC(=O)N(C)C(C)(C)CN)c1. The standard InChI is InChI=1S/C14H22N2O2/c1-14(2,10-15)16(3)13(17)9-11-6-5-7-12(8-11)18-4/h5-8H,9-10,15H2,1-4H3. The number of amides is 1. The number of hydrogen-bond donors (Lipinski definition) is 1. The van der Waals surface area contributed by atoms with Crippen LogP contribution in [-0.4, -0.2) is 37.0 Å². The summed E-state index contributed by atoms with van der Waals surface area (Å²) in [7, 11) is 3.40. The summed E-state index contributed by atoms with van der Waals surface area (Å²) in [6, 6.07) is 7.54. The molecule has 0 aliphatic heterocycles. The first kappa shape index (κ1) is 14.5. The Balaban J connectivity index is 2.75. The van der Waals surface area contributed by atoms with Crippen LogP contribution in [0.3, 0.4) is 0 Å². The Kier molecular flexibility index (Phi) is 4.73. The van der Waals surface area contributed by atoms with Gasteiger partial charge in [0, 0.05) is 19.1 Å². The number of likely N-dealkylation sites (N-methyl/N-ethyl adjacent to an activating group) is 1. The normalized spacial score (nSPS) is 11.2. The van der Waals surface area contributed by atoms with Crippen LogP contribution in [-0.2, 0) is 11.2 Å². The molecule has 0 unspecified atom stereocenters. The Bertz CT molecular complexity index is 416. The van der Waals surface area contributed by atoms with Gasteiger partial charge in [-0.1, -0.05) is 12.1 Å². The average molecular weight is 250 g/mol. The van der Waals surface area contributed by atoms with Crippen molar-refractivity contribution < 1.29 is 9.53 Å². The summed E-state index contributed by atoms with van der Waals surface area (Å²) in [4.78, 5) is 13.8. The molecule has 2 N–H and O–H groups in total. The van der Waals surface area contributed by atoms with Crippen LogP contribution in [0, 0.1) is 0 Å². The Labute approximate surface area is 109 Å². The Morgan fingerprint density at radius 1 is 1.44 bits per heavy atom. The zero-order valence-electron chi connectivity index (χ0n) is 11.6. The third-order valence-electron chi connectivity index (χ3n) is 3.27. The van der Waals surface area contributed by atoms with Gasteiger partial charge in [0.1, 0.15) is 5.75 Å². The molecule has 0 atom stereocenters. The van der Waals surface area contributed by atoms with E-state index in [1.165, 1.54) is 0 Å². The smallest absolute Gasteiger partial charge is 0.227 e. The molecule has 0 fully saturated rings. The lowest BCUT2D eigenvalue weighted by Crippen LogP contribution is -2.50. The second-order valence-corrected chi connectivity index (χ2v) is 5.00. The zero-order chi connectivity index (χ0) is 13.8. The Morgan fingerprint density at radius 3 is 2.67 bits per heavy atom. The number of hydrogen-bond acceptors (Lipinski definition) is 3. The molecule has 18 heavy (non-hydrogen) atoms. The Hall–Kier alpha value is -1.55. The van der Waals surface area contributed by atoms with Crippen molar-refractivity contribution in [1.29, 1.82) is 0 Å². The summed E-state index contributed by atoms with van der Waals surface area (Å²) in [6.07, 6.45) is 0.358. The molecule has 1 aromatic carbocycles. The molecule has 1 rings (SSSR count). The van der Waals surface area contributed by atoms with E-state index in [1.54, 1.807) is 19.1 Å². The molecule has 0 aliphatic carbocycles. The van der Waals surface area contributed by atoms with Crippen LogP contribution in [0.4, 0.5) is 0 Å². The third-order valence-corrected chi connectivity index (χ3v) is 3.27. The van der Waals surface area contributed by atoms with Crippen molar-refractivity contribution >= 4 is 5.91 Å². The minimum atomic E-state index is -0.323.